The van der Waals surface area contributed by atoms with Crippen LogP contribution < -0.4 is 5.14 Å². The molecule has 1 heterocycles. The number of benzene rings is 3. The van der Waals surface area contributed by atoms with Crippen molar-refractivity contribution in [1.82, 2.24) is 9.78 Å². The molecule has 9 heteroatoms. The van der Waals surface area contributed by atoms with Gasteiger partial charge in [0.1, 0.15) is 0 Å². The molecule has 0 aliphatic heterocycles. The Labute approximate surface area is 190 Å². The maximum atomic E-state index is 12.4. The fourth-order valence-electron chi connectivity index (χ4n) is 3.30. The number of carbonyl (C=O) groups is 1. The first-order chi connectivity index (χ1) is 15.3. The van der Waals surface area contributed by atoms with Crippen LogP contribution in [0.2, 0.25) is 5.02 Å². The van der Waals surface area contributed by atoms with Crippen LogP contribution in [0.25, 0.3) is 28.2 Å². The zero-order valence-electron chi connectivity index (χ0n) is 16.9. The highest BCUT2D eigenvalue weighted by Gasteiger charge is 2.19. The zero-order valence-corrected chi connectivity index (χ0v) is 18.5. The van der Waals surface area contributed by atoms with Crippen molar-refractivity contribution < 1.29 is 17.9 Å². The molecule has 0 aliphatic rings. The number of sulfonamides is 1. The summed E-state index contributed by atoms with van der Waals surface area (Å²) in [6, 6.07) is 22.1. The topological polar surface area (TPSA) is 104 Å². The maximum absolute atomic E-state index is 12.4. The number of primary sulfonamides is 1. The van der Waals surface area contributed by atoms with Crippen LogP contribution in [0.3, 0.4) is 0 Å². The SMILES string of the molecule is COC(=O)c1ccccc1-c1cc(-c2ccc(Cl)cc2)nn1-c1ccc(S(N)(=O)=O)cc1. The minimum absolute atomic E-state index is 0.0113. The fraction of sp³-hybridized carbons (Fsp3) is 0.0435. The number of hydrogen-bond donors (Lipinski definition) is 1. The van der Waals surface area contributed by atoms with Crippen LogP contribution in [-0.4, -0.2) is 31.3 Å². The van der Waals surface area contributed by atoms with Gasteiger partial charge in [0.2, 0.25) is 10.0 Å². The van der Waals surface area contributed by atoms with Gasteiger partial charge < -0.3 is 4.74 Å². The van der Waals surface area contributed by atoms with Gasteiger partial charge in [-0.15, -0.1) is 0 Å². The average molecular weight is 468 g/mol. The third-order valence-corrected chi connectivity index (χ3v) is 6.05. The monoisotopic (exact) mass is 467 g/mol. The molecule has 0 amide bonds. The lowest BCUT2D eigenvalue weighted by Crippen LogP contribution is -2.12. The predicted molar refractivity (Wildman–Crippen MR) is 122 cm³/mol. The number of halogens is 1. The highest BCUT2D eigenvalue weighted by atomic mass is 35.5. The van der Waals surface area contributed by atoms with Gasteiger partial charge in [0.05, 0.1) is 34.6 Å². The summed E-state index contributed by atoms with van der Waals surface area (Å²) in [6.07, 6.45) is 0. The Hall–Kier alpha value is -3.46. The molecule has 0 atom stereocenters. The van der Waals surface area contributed by atoms with E-state index in [1.54, 1.807) is 47.1 Å². The van der Waals surface area contributed by atoms with Gasteiger partial charge >= 0.3 is 5.97 Å². The third kappa shape index (κ3) is 4.29. The summed E-state index contributed by atoms with van der Waals surface area (Å²) in [5.74, 6) is -0.481. The second kappa shape index (κ2) is 8.58. The Balaban J connectivity index is 1.93. The highest BCUT2D eigenvalue weighted by Crippen LogP contribution is 2.32. The predicted octanol–water partition coefficient (Wildman–Crippen LogP) is 4.29. The number of rotatable bonds is 5. The van der Waals surface area contributed by atoms with Gasteiger partial charge in [-0.1, -0.05) is 41.9 Å². The second-order valence-electron chi connectivity index (χ2n) is 6.91. The Bertz CT molecular complexity index is 1400. The lowest BCUT2D eigenvalue weighted by molar-refractivity contribution is 0.0601. The summed E-state index contributed by atoms with van der Waals surface area (Å²) in [6.45, 7) is 0. The molecule has 7 nitrogen and oxygen atoms in total. The number of hydrogen-bond acceptors (Lipinski definition) is 5. The maximum Gasteiger partial charge on any atom is 0.338 e. The Morgan fingerprint density at radius 1 is 1.00 bits per heavy atom. The van der Waals surface area contributed by atoms with Crippen LogP contribution in [0.5, 0.6) is 0 Å². The lowest BCUT2D eigenvalue weighted by atomic mass is 10.0. The van der Waals surface area contributed by atoms with E-state index < -0.39 is 16.0 Å². The molecular weight excluding hydrogens is 450 g/mol. The highest BCUT2D eigenvalue weighted by molar-refractivity contribution is 7.89. The summed E-state index contributed by atoms with van der Waals surface area (Å²) in [5, 5.41) is 10.5. The molecule has 4 rings (SSSR count). The van der Waals surface area contributed by atoms with E-state index in [0.29, 0.717) is 33.2 Å². The van der Waals surface area contributed by atoms with Crippen molar-refractivity contribution in [2.75, 3.05) is 7.11 Å². The fourth-order valence-corrected chi connectivity index (χ4v) is 3.94. The van der Waals surface area contributed by atoms with E-state index in [2.05, 4.69) is 0 Å². The van der Waals surface area contributed by atoms with Crippen LogP contribution >= 0.6 is 11.6 Å². The van der Waals surface area contributed by atoms with E-state index in [1.807, 2.05) is 24.3 Å². The van der Waals surface area contributed by atoms with Crippen molar-refractivity contribution in [3.63, 3.8) is 0 Å². The molecule has 1 aromatic heterocycles. The van der Waals surface area contributed by atoms with Gasteiger partial charge in [0.25, 0.3) is 0 Å². The van der Waals surface area contributed by atoms with E-state index in [9.17, 15) is 13.2 Å². The van der Waals surface area contributed by atoms with Gasteiger partial charge in [0, 0.05) is 16.1 Å². The molecule has 0 bridgehead atoms. The molecule has 0 aliphatic carbocycles. The third-order valence-electron chi connectivity index (χ3n) is 4.87. The number of esters is 1. The van der Waals surface area contributed by atoms with Crippen LogP contribution in [0.15, 0.2) is 83.8 Å². The summed E-state index contributed by atoms with van der Waals surface area (Å²) < 4.78 is 29.8. The van der Waals surface area contributed by atoms with E-state index >= 15 is 0 Å². The minimum Gasteiger partial charge on any atom is -0.465 e. The normalized spacial score (nSPS) is 11.3. The molecule has 0 fully saturated rings. The van der Waals surface area contributed by atoms with Crippen molar-refractivity contribution in [3.05, 3.63) is 89.4 Å². The van der Waals surface area contributed by atoms with Crippen LogP contribution in [-0.2, 0) is 14.8 Å². The molecule has 2 N–H and O–H groups in total. The quantitative estimate of drug-likeness (QED) is 0.441. The molecule has 0 unspecified atom stereocenters. The summed E-state index contributed by atoms with van der Waals surface area (Å²) >= 11 is 6.01. The Morgan fingerprint density at radius 3 is 2.28 bits per heavy atom. The van der Waals surface area contributed by atoms with Gasteiger partial charge in [-0.2, -0.15) is 5.10 Å². The molecule has 0 saturated carbocycles. The Kier molecular flexibility index (Phi) is 5.84. The summed E-state index contributed by atoms with van der Waals surface area (Å²) in [7, 11) is -2.51. The summed E-state index contributed by atoms with van der Waals surface area (Å²) in [4.78, 5) is 12.4. The first-order valence-corrected chi connectivity index (χ1v) is 11.4. The molecule has 4 aromatic rings. The molecule has 162 valence electrons. The van der Waals surface area contributed by atoms with E-state index in [-0.39, 0.29) is 4.90 Å². The second-order valence-corrected chi connectivity index (χ2v) is 8.91. The number of carbonyl (C=O) groups excluding carboxylic acids is 1. The standard InChI is InChI=1S/C23H18ClN3O4S/c1-31-23(28)20-5-3-2-4-19(20)22-14-21(15-6-8-16(24)9-7-15)26-27(22)17-10-12-18(13-11-17)32(25,29)30/h2-14H,1H3,(H2,25,29,30). The van der Waals surface area contributed by atoms with Gasteiger partial charge in [0.15, 0.2) is 0 Å². The van der Waals surface area contributed by atoms with E-state index in [1.165, 1.54) is 19.2 Å². The van der Waals surface area contributed by atoms with Crippen molar-refractivity contribution in [2.24, 2.45) is 5.14 Å². The zero-order chi connectivity index (χ0) is 22.9. The number of nitrogens with zero attached hydrogens (tertiary/aromatic N) is 2. The molecular formula is C23H18ClN3O4S. The number of nitrogens with two attached hydrogens (primary N) is 1. The lowest BCUT2D eigenvalue weighted by Gasteiger charge is -2.11. The molecule has 0 spiro atoms. The molecule has 0 radical (unpaired) electrons. The summed E-state index contributed by atoms with van der Waals surface area (Å²) in [5.41, 5.74) is 3.67. The smallest absolute Gasteiger partial charge is 0.338 e. The van der Waals surface area contributed by atoms with Crippen molar-refractivity contribution >= 4 is 27.6 Å². The van der Waals surface area contributed by atoms with Crippen molar-refractivity contribution in [2.45, 2.75) is 4.90 Å². The van der Waals surface area contributed by atoms with Gasteiger partial charge in [-0.3, -0.25) is 0 Å². The van der Waals surface area contributed by atoms with Crippen LogP contribution in [0.4, 0.5) is 0 Å². The van der Waals surface area contributed by atoms with Crippen molar-refractivity contribution in [1.29, 1.82) is 0 Å². The van der Waals surface area contributed by atoms with Crippen LogP contribution in [0.1, 0.15) is 10.4 Å². The molecule has 32 heavy (non-hydrogen) atoms. The van der Waals surface area contributed by atoms with Crippen molar-refractivity contribution in [3.8, 4) is 28.2 Å². The largest absolute Gasteiger partial charge is 0.465 e. The van der Waals surface area contributed by atoms with Gasteiger partial charge in [-0.05, 0) is 48.5 Å². The van der Waals surface area contributed by atoms with E-state index in [0.717, 1.165) is 5.56 Å². The Morgan fingerprint density at radius 2 is 1.66 bits per heavy atom. The number of aromatic nitrogens is 2. The number of methoxy groups -OCH3 is 1. The van der Waals surface area contributed by atoms with Gasteiger partial charge in [-0.25, -0.2) is 23.0 Å². The first kappa shape index (κ1) is 21.8. The minimum atomic E-state index is -3.83. The molecule has 0 saturated heterocycles. The average Bonchev–Trinajstić information content (AvgIpc) is 3.24. The van der Waals surface area contributed by atoms with Crippen LogP contribution in [0, 0.1) is 0 Å². The number of ether oxygens (including phenoxy) is 1. The first-order valence-electron chi connectivity index (χ1n) is 9.45. The molecule has 3 aromatic carbocycles. The van der Waals surface area contributed by atoms with E-state index in [4.69, 9.17) is 26.6 Å².